The second-order valence-corrected chi connectivity index (χ2v) is 9.10. The van der Waals surface area contributed by atoms with Gasteiger partial charge in [-0.25, -0.2) is 13.4 Å². The Kier molecular flexibility index (Phi) is 5.13. The molecule has 0 fully saturated rings. The molecule has 0 saturated heterocycles. The van der Waals surface area contributed by atoms with E-state index in [4.69, 9.17) is 4.98 Å². The second-order valence-electron chi connectivity index (χ2n) is 7.09. The lowest BCUT2D eigenvalue weighted by atomic mass is 10.1. The van der Waals surface area contributed by atoms with Crippen LogP contribution in [0.4, 0.5) is 0 Å². The quantitative estimate of drug-likeness (QED) is 0.537. The summed E-state index contributed by atoms with van der Waals surface area (Å²) in [5.41, 5.74) is 4.05. The van der Waals surface area contributed by atoms with Crippen molar-refractivity contribution >= 4 is 26.8 Å². The van der Waals surface area contributed by atoms with Gasteiger partial charge in [-0.05, 0) is 48.0 Å². The third kappa shape index (κ3) is 3.84. The van der Waals surface area contributed by atoms with Gasteiger partial charge >= 0.3 is 0 Å². The van der Waals surface area contributed by atoms with Gasteiger partial charge in [0.25, 0.3) is 5.91 Å². The van der Waals surface area contributed by atoms with Crippen LogP contribution < -0.4 is 5.32 Å². The molecule has 1 N–H and O–H groups in total. The average molecular weight is 420 g/mol. The Morgan fingerprint density at radius 1 is 1.00 bits per heavy atom. The number of carbonyl (C=O) groups is 1. The molecule has 7 heteroatoms. The number of imidazole rings is 1. The van der Waals surface area contributed by atoms with Crippen LogP contribution in [0.25, 0.3) is 22.4 Å². The van der Waals surface area contributed by atoms with E-state index < -0.39 is 9.84 Å². The summed E-state index contributed by atoms with van der Waals surface area (Å²) < 4.78 is 25.7. The van der Waals surface area contributed by atoms with E-state index in [-0.39, 0.29) is 10.8 Å². The molecule has 0 aliphatic heterocycles. The molecule has 6 nitrogen and oxygen atoms in total. The van der Waals surface area contributed by atoms with Crippen LogP contribution >= 0.6 is 0 Å². The lowest BCUT2D eigenvalue weighted by Crippen LogP contribution is -2.17. The van der Waals surface area contributed by atoms with Crippen molar-refractivity contribution in [3.8, 4) is 11.4 Å². The maximum atomic E-state index is 12.0. The number of rotatable bonds is 5. The van der Waals surface area contributed by atoms with E-state index in [0.717, 1.165) is 16.6 Å². The molecule has 152 valence electrons. The summed E-state index contributed by atoms with van der Waals surface area (Å²) in [4.78, 5) is 17.1. The summed E-state index contributed by atoms with van der Waals surface area (Å²) in [5, 5.41) is 2.63. The van der Waals surface area contributed by atoms with Crippen LogP contribution in [0.15, 0.2) is 77.7 Å². The average Bonchev–Trinajstić information content (AvgIpc) is 3.11. The normalized spacial score (nSPS) is 11.5. The highest BCUT2D eigenvalue weighted by Gasteiger charge is 2.16. The van der Waals surface area contributed by atoms with Gasteiger partial charge in [0.15, 0.2) is 9.84 Å². The van der Waals surface area contributed by atoms with Crippen LogP contribution in [0, 0.1) is 0 Å². The van der Waals surface area contributed by atoms with Gasteiger partial charge in [0, 0.05) is 31.0 Å². The van der Waals surface area contributed by atoms with Crippen molar-refractivity contribution in [3.05, 3.63) is 83.9 Å². The summed E-state index contributed by atoms with van der Waals surface area (Å²) in [6.45, 7) is 0.597. The summed E-state index contributed by atoms with van der Waals surface area (Å²) in [7, 11) is -1.68. The molecule has 0 aliphatic rings. The first kappa shape index (κ1) is 19.8. The van der Waals surface area contributed by atoms with Crippen LogP contribution in [0.2, 0.25) is 0 Å². The smallest absolute Gasteiger partial charge is 0.251 e. The Bertz CT molecular complexity index is 1330. The SMILES string of the molecule is CNC(=O)c1ccc2c(c1)nc(-c1ccc(S(C)(=O)=O)cc1)n2Cc1ccccc1. The van der Waals surface area contributed by atoms with Crippen molar-refractivity contribution in [2.45, 2.75) is 11.4 Å². The zero-order valence-electron chi connectivity index (χ0n) is 16.7. The van der Waals surface area contributed by atoms with Gasteiger partial charge < -0.3 is 9.88 Å². The van der Waals surface area contributed by atoms with Gasteiger partial charge in [0.1, 0.15) is 5.82 Å². The number of nitrogens with one attached hydrogen (secondary N) is 1. The molecule has 0 spiro atoms. The predicted octanol–water partition coefficient (Wildman–Crippen LogP) is 3.51. The maximum absolute atomic E-state index is 12.0. The number of sulfone groups is 1. The van der Waals surface area contributed by atoms with E-state index in [1.54, 1.807) is 43.4 Å². The molecule has 0 saturated carbocycles. The number of fused-ring (bicyclic) bond motifs is 1. The maximum Gasteiger partial charge on any atom is 0.251 e. The van der Waals surface area contributed by atoms with Crippen molar-refractivity contribution in [1.82, 2.24) is 14.9 Å². The molecular weight excluding hydrogens is 398 g/mol. The Morgan fingerprint density at radius 3 is 2.33 bits per heavy atom. The predicted molar refractivity (Wildman–Crippen MR) is 117 cm³/mol. The standard InChI is InChI=1S/C23H21N3O3S/c1-24-23(27)18-10-13-21-20(14-18)25-22(26(21)15-16-6-4-3-5-7-16)17-8-11-19(12-9-17)30(2,28)29/h3-14H,15H2,1-2H3,(H,24,27). The largest absolute Gasteiger partial charge is 0.355 e. The summed E-state index contributed by atoms with van der Waals surface area (Å²) in [6.07, 6.45) is 1.19. The fourth-order valence-electron chi connectivity index (χ4n) is 3.41. The number of carbonyl (C=O) groups excluding carboxylic acids is 1. The number of hydrogen-bond acceptors (Lipinski definition) is 4. The first-order chi connectivity index (χ1) is 14.4. The molecule has 30 heavy (non-hydrogen) atoms. The molecule has 4 rings (SSSR count). The van der Waals surface area contributed by atoms with Crippen molar-refractivity contribution in [2.75, 3.05) is 13.3 Å². The Labute approximate surface area is 175 Å². The molecule has 1 amide bonds. The molecule has 1 heterocycles. The summed E-state index contributed by atoms with van der Waals surface area (Å²) in [6, 6.07) is 22.2. The van der Waals surface area contributed by atoms with E-state index in [1.807, 2.05) is 36.4 Å². The van der Waals surface area contributed by atoms with E-state index in [0.29, 0.717) is 23.4 Å². The van der Waals surface area contributed by atoms with Gasteiger partial charge in [0.2, 0.25) is 0 Å². The van der Waals surface area contributed by atoms with Crippen LogP contribution in [0.5, 0.6) is 0 Å². The molecule has 4 aromatic rings. The minimum Gasteiger partial charge on any atom is -0.355 e. The lowest BCUT2D eigenvalue weighted by molar-refractivity contribution is 0.0963. The van der Waals surface area contributed by atoms with Crippen LogP contribution in [-0.4, -0.2) is 37.2 Å². The van der Waals surface area contributed by atoms with E-state index in [2.05, 4.69) is 9.88 Å². The molecule has 0 aliphatic carbocycles. The van der Waals surface area contributed by atoms with Gasteiger partial charge in [-0.15, -0.1) is 0 Å². The van der Waals surface area contributed by atoms with Crippen molar-refractivity contribution < 1.29 is 13.2 Å². The van der Waals surface area contributed by atoms with Gasteiger partial charge in [0.05, 0.1) is 15.9 Å². The minimum absolute atomic E-state index is 0.173. The van der Waals surface area contributed by atoms with E-state index in [9.17, 15) is 13.2 Å². The third-order valence-corrected chi connectivity index (χ3v) is 6.09. The Balaban J connectivity index is 1.88. The van der Waals surface area contributed by atoms with Crippen LogP contribution in [-0.2, 0) is 16.4 Å². The summed E-state index contributed by atoms with van der Waals surface area (Å²) >= 11 is 0. The van der Waals surface area contributed by atoms with E-state index in [1.165, 1.54) is 6.26 Å². The Hall–Kier alpha value is -3.45. The monoisotopic (exact) mass is 419 g/mol. The van der Waals surface area contributed by atoms with Crippen LogP contribution in [0.1, 0.15) is 15.9 Å². The van der Waals surface area contributed by atoms with Crippen LogP contribution in [0.3, 0.4) is 0 Å². The van der Waals surface area contributed by atoms with Gasteiger partial charge in [-0.3, -0.25) is 4.79 Å². The molecule has 0 bridgehead atoms. The number of nitrogens with zero attached hydrogens (tertiary/aromatic N) is 2. The first-order valence-corrected chi connectivity index (χ1v) is 11.3. The zero-order valence-corrected chi connectivity index (χ0v) is 17.5. The Morgan fingerprint density at radius 2 is 1.70 bits per heavy atom. The highest BCUT2D eigenvalue weighted by molar-refractivity contribution is 7.90. The highest BCUT2D eigenvalue weighted by Crippen LogP contribution is 2.27. The fourth-order valence-corrected chi connectivity index (χ4v) is 4.04. The number of benzene rings is 3. The van der Waals surface area contributed by atoms with Crippen molar-refractivity contribution in [3.63, 3.8) is 0 Å². The number of aromatic nitrogens is 2. The minimum atomic E-state index is -3.27. The second kappa shape index (κ2) is 7.76. The molecule has 0 radical (unpaired) electrons. The van der Waals surface area contributed by atoms with Crippen molar-refractivity contribution in [1.29, 1.82) is 0 Å². The number of hydrogen-bond donors (Lipinski definition) is 1. The fraction of sp³-hybridized carbons (Fsp3) is 0.130. The molecular formula is C23H21N3O3S. The highest BCUT2D eigenvalue weighted by atomic mass is 32.2. The topological polar surface area (TPSA) is 81.1 Å². The zero-order chi connectivity index (χ0) is 21.3. The van der Waals surface area contributed by atoms with Crippen molar-refractivity contribution in [2.24, 2.45) is 0 Å². The first-order valence-electron chi connectivity index (χ1n) is 9.43. The molecule has 3 aromatic carbocycles. The van der Waals surface area contributed by atoms with Gasteiger partial charge in [-0.1, -0.05) is 30.3 Å². The molecule has 0 atom stereocenters. The third-order valence-electron chi connectivity index (χ3n) is 4.96. The van der Waals surface area contributed by atoms with Gasteiger partial charge in [-0.2, -0.15) is 0 Å². The lowest BCUT2D eigenvalue weighted by Gasteiger charge is -2.10. The molecule has 0 unspecified atom stereocenters. The van der Waals surface area contributed by atoms with E-state index >= 15 is 0 Å². The molecule has 1 aromatic heterocycles. The number of amides is 1. The summed E-state index contributed by atoms with van der Waals surface area (Å²) in [5.74, 6) is 0.538.